The Morgan fingerprint density at radius 1 is 1.12 bits per heavy atom. The Kier molecular flexibility index (Phi) is 7.05. The number of carbonyl (C=O) groups excluding carboxylic acids is 2. The van der Waals surface area contributed by atoms with Gasteiger partial charge in [-0.15, -0.1) is 0 Å². The molecule has 10 heteroatoms. The van der Waals surface area contributed by atoms with Gasteiger partial charge >= 0.3 is 0 Å². The molecule has 3 rings (SSSR count). The molecule has 0 spiro atoms. The van der Waals surface area contributed by atoms with E-state index in [9.17, 15) is 18.0 Å². The fourth-order valence-corrected chi connectivity index (χ4v) is 4.83. The highest BCUT2D eigenvalue weighted by molar-refractivity contribution is 7.89. The standard InChI is InChI=1S/C22H27N3O6S/c1-14-11-16-12-18(6-8-20(16)25(14)15(2)26)32(28,29)23-10-9-22(27)24-19-7-5-17(30-3)13-21(19)31-4/h5-8,12-14,23H,9-11H2,1-4H3,(H,24,27). The number of rotatable bonds is 8. The number of ether oxygens (including phenoxy) is 2. The maximum absolute atomic E-state index is 12.7. The minimum absolute atomic E-state index is 0.0212. The van der Waals surface area contributed by atoms with Crippen molar-refractivity contribution in [3.63, 3.8) is 0 Å². The van der Waals surface area contributed by atoms with Gasteiger partial charge in [-0.3, -0.25) is 9.59 Å². The summed E-state index contributed by atoms with van der Waals surface area (Å²) in [5, 5.41) is 2.70. The highest BCUT2D eigenvalue weighted by Gasteiger charge is 2.30. The second kappa shape index (κ2) is 9.58. The van der Waals surface area contributed by atoms with Crippen LogP contribution in [0.15, 0.2) is 41.3 Å². The van der Waals surface area contributed by atoms with E-state index in [4.69, 9.17) is 9.47 Å². The summed E-state index contributed by atoms with van der Waals surface area (Å²) in [4.78, 5) is 25.9. The Hall–Kier alpha value is -3.11. The van der Waals surface area contributed by atoms with Gasteiger partial charge in [-0.25, -0.2) is 13.1 Å². The molecule has 0 radical (unpaired) electrons. The zero-order chi connectivity index (χ0) is 23.5. The topological polar surface area (TPSA) is 114 Å². The van der Waals surface area contributed by atoms with Crippen LogP contribution < -0.4 is 24.4 Å². The lowest BCUT2D eigenvalue weighted by Crippen LogP contribution is -2.33. The average Bonchev–Trinajstić information content (AvgIpc) is 3.08. The number of benzene rings is 2. The summed E-state index contributed by atoms with van der Waals surface area (Å²) in [6, 6.07) is 9.65. The lowest BCUT2D eigenvalue weighted by atomic mass is 10.1. The average molecular weight is 462 g/mol. The molecule has 0 aromatic heterocycles. The zero-order valence-electron chi connectivity index (χ0n) is 18.5. The number of carbonyl (C=O) groups is 2. The highest BCUT2D eigenvalue weighted by Crippen LogP contribution is 2.34. The predicted octanol–water partition coefficient (Wildman–Crippen LogP) is 2.31. The molecule has 0 saturated carbocycles. The van der Waals surface area contributed by atoms with Crippen LogP contribution in [0.2, 0.25) is 0 Å². The van der Waals surface area contributed by atoms with Crippen LogP contribution in [0.3, 0.4) is 0 Å². The Morgan fingerprint density at radius 2 is 1.88 bits per heavy atom. The van der Waals surface area contributed by atoms with Gasteiger partial charge in [-0.1, -0.05) is 0 Å². The van der Waals surface area contributed by atoms with Crippen LogP contribution >= 0.6 is 0 Å². The van der Waals surface area contributed by atoms with Crippen molar-refractivity contribution in [2.24, 2.45) is 0 Å². The molecule has 1 atom stereocenters. The van der Waals surface area contributed by atoms with Crippen molar-refractivity contribution in [2.45, 2.75) is 37.6 Å². The summed E-state index contributed by atoms with van der Waals surface area (Å²) in [7, 11) is -0.797. The lowest BCUT2D eigenvalue weighted by Gasteiger charge is -2.20. The minimum atomic E-state index is -3.80. The molecule has 0 aliphatic carbocycles. The molecular formula is C22H27N3O6S. The van der Waals surface area contributed by atoms with Gasteiger partial charge < -0.3 is 19.7 Å². The molecule has 2 amide bonds. The summed E-state index contributed by atoms with van der Waals surface area (Å²) < 4.78 is 38.2. The molecule has 2 aromatic rings. The van der Waals surface area contributed by atoms with E-state index in [1.165, 1.54) is 27.2 Å². The molecule has 32 heavy (non-hydrogen) atoms. The molecule has 0 saturated heterocycles. The van der Waals surface area contributed by atoms with Crippen molar-refractivity contribution in [1.29, 1.82) is 0 Å². The first-order valence-electron chi connectivity index (χ1n) is 10.1. The summed E-state index contributed by atoms with van der Waals surface area (Å²) in [6.45, 7) is 3.34. The van der Waals surface area contributed by atoms with Crippen molar-refractivity contribution in [3.05, 3.63) is 42.0 Å². The van der Waals surface area contributed by atoms with Crippen molar-refractivity contribution in [2.75, 3.05) is 31.0 Å². The number of hydrogen-bond donors (Lipinski definition) is 2. The molecule has 0 fully saturated rings. The largest absolute Gasteiger partial charge is 0.497 e. The van der Waals surface area contributed by atoms with E-state index in [2.05, 4.69) is 10.0 Å². The van der Waals surface area contributed by atoms with Crippen LogP contribution in [0.25, 0.3) is 0 Å². The van der Waals surface area contributed by atoms with Crippen molar-refractivity contribution in [3.8, 4) is 11.5 Å². The minimum Gasteiger partial charge on any atom is -0.497 e. The number of fused-ring (bicyclic) bond motifs is 1. The first kappa shape index (κ1) is 23.6. The number of sulfonamides is 1. The quantitative estimate of drug-likeness (QED) is 0.624. The number of anilines is 2. The fourth-order valence-electron chi connectivity index (χ4n) is 3.75. The molecular weight excluding hydrogens is 434 g/mol. The van der Waals surface area contributed by atoms with Crippen molar-refractivity contribution in [1.82, 2.24) is 4.72 Å². The third-order valence-corrected chi connectivity index (χ3v) is 6.70. The second-order valence-electron chi connectivity index (χ2n) is 7.49. The van der Waals surface area contributed by atoms with Crippen LogP contribution in [-0.2, 0) is 26.0 Å². The second-order valence-corrected chi connectivity index (χ2v) is 9.26. The molecule has 1 aliphatic rings. The predicted molar refractivity (Wildman–Crippen MR) is 121 cm³/mol. The maximum atomic E-state index is 12.7. The molecule has 1 heterocycles. The van der Waals surface area contributed by atoms with E-state index in [1.54, 1.807) is 35.2 Å². The maximum Gasteiger partial charge on any atom is 0.240 e. The first-order chi connectivity index (χ1) is 15.2. The smallest absolute Gasteiger partial charge is 0.240 e. The Bertz CT molecular complexity index is 1130. The lowest BCUT2D eigenvalue weighted by molar-refractivity contribution is -0.117. The monoisotopic (exact) mass is 461 g/mol. The molecule has 9 nitrogen and oxygen atoms in total. The van der Waals surface area contributed by atoms with Crippen LogP contribution in [0.1, 0.15) is 25.8 Å². The van der Waals surface area contributed by atoms with Crippen LogP contribution in [0.5, 0.6) is 11.5 Å². The number of amides is 2. The van der Waals surface area contributed by atoms with Crippen LogP contribution in [0.4, 0.5) is 11.4 Å². The van der Waals surface area contributed by atoms with Crippen molar-refractivity contribution >= 4 is 33.2 Å². The third-order valence-electron chi connectivity index (χ3n) is 5.24. The van der Waals surface area contributed by atoms with E-state index in [-0.39, 0.29) is 35.7 Å². The number of nitrogens with zero attached hydrogens (tertiary/aromatic N) is 1. The van der Waals surface area contributed by atoms with E-state index < -0.39 is 10.0 Å². The molecule has 172 valence electrons. The molecule has 1 aliphatic heterocycles. The Balaban J connectivity index is 1.61. The van der Waals surface area contributed by atoms with Gasteiger partial charge in [-0.05, 0) is 49.2 Å². The SMILES string of the molecule is COc1ccc(NC(=O)CCNS(=O)(=O)c2ccc3c(c2)CC(C)N3C(C)=O)c(OC)c1. The van der Waals surface area contributed by atoms with Gasteiger partial charge in [0.05, 0.1) is 24.8 Å². The molecule has 1 unspecified atom stereocenters. The molecule has 2 aromatic carbocycles. The van der Waals surface area contributed by atoms with Crippen LogP contribution in [-0.4, -0.2) is 47.0 Å². The fraction of sp³-hybridized carbons (Fsp3) is 0.364. The van der Waals surface area contributed by atoms with E-state index >= 15 is 0 Å². The Labute approximate surface area is 187 Å². The van der Waals surface area contributed by atoms with Gasteiger partial charge in [0.2, 0.25) is 21.8 Å². The normalized spacial score (nSPS) is 15.2. The van der Waals surface area contributed by atoms with E-state index in [0.717, 1.165) is 11.3 Å². The highest BCUT2D eigenvalue weighted by atomic mass is 32.2. The van der Waals surface area contributed by atoms with E-state index in [0.29, 0.717) is 23.6 Å². The first-order valence-corrected chi connectivity index (χ1v) is 11.6. The van der Waals surface area contributed by atoms with Gasteiger partial charge in [0, 0.05) is 37.7 Å². The Morgan fingerprint density at radius 3 is 2.53 bits per heavy atom. The third kappa shape index (κ3) is 5.03. The molecule has 0 bridgehead atoms. The van der Waals surface area contributed by atoms with Gasteiger partial charge in [0.15, 0.2) is 0 Å². The zero-order valence-corrected chi connectivity index (χ0v) is 19.3. The molecule has 2 N–H and O–H groups in total. The summed E-state index contributed by atoms with van der Waals surface area (Å²) in [6.07, 6.45) is 0.527. The van der Waals surface area contributed by atoms with Gasteiger partial charge in [-0.2, -0.15) is 0 Å². The van der Waals surface area contributed by atoms with E-state index in [1.807, 2.05) is 6.92 Å². The summed E-state index contributed by atoms with van der Waals surface area (Å²) >= 11 is 0. The summed E-state index contributed by atoms with van der Waals surface area (Å²) in [5.74, 6) is 0.577. The summed E-state index contributed by atoms with van der Waals surface area (Å²) in [5.41, 5.74) is 2.00. The number of nitrogens with one attached hydrogen (secondary N) is 2. The van der Waals surface area contributed by atoms with Gasteiger partial charge in [0.1, 0.15) is 11.5 Å². The van der Waals surface area contributed by atoms with Crippen molar-refractivity contribution < 1.29 is 27.5 Å². The van der Waals surface area contributed by atoms with Crippen LogP contribution in [0, 0.1) is 0 Å². The number of methoxy groups -OCH3 is 2. The number of hydrogen-bond acceptors (Lipinski definition) is 6. The van der Waals surface area contributed by atoms with Gasteiger partial charge in [0.25, 0.3) is 0 Å².